The number of hydrogen-bond donors (Lipinski definition) is 2. The van der Waals surface area contributed by atoms with E-state index in [0.717, 1.165) is 6.54 Å². The maximum atomic E-state index is 13.0. The lowest BCUT2D eigenvalue weighted by Gasteiger charge is -2.24. The van der Waals surface area contributed by atoms with Gasteiger partial charge in [-0.05, 0) is 19.9 Å². The summed E-state index contributed by atoms with van der Waals surface area (Å²) in [6.07, 6.45) is 4.61. The Kier molecular flexibility index (Phi) is 4.73. The van der Waals surface area contributed by atoms with Crippen molar-refractivity contribution in [2.24, 2.45) is 0 Å². The highest BCUT2D eigenvalue weighted by atomic mass is 19.3. The molecular weight excluding hydrogens is 252 g/mol. The standard InChI is InChI=1S/C13H23F2N3O/c1-18(10-4-2-3-5-10)7-6-16-12(19)11-8-13(14,15)9-17-11/h10-11,17H,2-9H2,1H3,(H,16,19). The van der Waals surface area contributed by atoms with Crippen molar-refractivity contribution in [3.05, 3.63) is 0 Å². The van der Waals surface area contributed by atoms with E-state index >= 15 is 0 Å². The Bertz CT molecular complexity index is 319. The minimum atomic E-state index is -2.75. The van der Waals surface area contributed by atoms with Crippen LogP contribution in [0.5, 0.6) is 0 Å². The maximum absolute atomic E-state index is 13.0. The largest absolute Gasteiger partial charge is 0.353 e. The summed E-state index contributed by atoms with van der Waals surface area (Å²) in [6, 6.07) is -0.127. The molecule has 1 heterocycles. The lowest BCUT2D eigenvalue weighted by molar-refractivity contribution is -0.123. The van der Waals surface area contributed by atoms with E-state index in [-0.39, 0.29) is 5.91 Å². The van der Waals surface area contributed by atoms with Gasteiger partial charge in [-0.25, -0.2) is 8.78 Å². The second-order valence-corrected chi connectivity index (χ2v) is 5.70. The van der Waals surface area contributed by atoms with Gasteiger partial charge in [0.25, 0.3) is 5.92 Å². The maximum Gasteiger partial charge on any atom is 0.262 e. The van der Waals surface area contributed by atoms with E-state index in [2.05, 4.69) is 22.6 Å². The fraction of sp³-hybridized carbons (Fsp3) is 0.923. The molecule has 1 aliphatic heterocycles. The van der Waals surface area contributed by atoms with Gasteiger partial charge in [-0.1, -0.05) is 12.8 Å². The number of carbonyl (C=O) groups excluding carboxylic acids is 1. The third-order valence-electron chi connectivity index (χ3n) is 4.14. The van der Waals surface area contributed by atoms with Gasteiger partial charge in [0, 0.05) is 25.6 Å². The fourth-order valence-electron chi connectivity index (χ4n) is 2.91. The van der Waals surface area contributed by atoms with Crippen LogP contribution in [0.15, 0.2) is 0 Å². The predicted octanol–water partition coefficient (Wildman–Crippen LogP) is 0.974. The smallest absolute Gasteiger partial charge is 0.262 e. The lowest BCUT2D eigenvalue weighted by Crippen LogP contribution is -2.44. The number of alkyl halides is 2. The Labute approximate surface area is 112 Å². The van der Waals surface area contributed by atoms with E-state index in [1.54, 1.807) is 0 Å². The van der Waals surface area contributed by atoms with Crippen molar-refractivity contribution >= 4 is 5.91 Å². The SMILES string of the molecule is CN(CCNC(=O)C1CC(F)(F)CN1)C1CCCC1. The van der Waals surface area contributed by atoms with Crippen LogP contribution in [-0.4, -0.2) is 55.5 Å². The molecule has 0 spiro atoms. The Balaban J connectivity index is 1.64. The molecule has 0 radical (unpaired) electrons. The normalized spacial score (nSPS) is 27.1. The summed E-state index contributed by atoms with van der Waals surface area (Å²) in [5, 5.41) is 5.30. The van der Waals surface area contributed by atoms with Crippen LogP contribution in [0.3, 0.4) is 0 Å². The minimum absolute atomic E-state index is 0.308. The van der Waals surface area contributed by atoms with Crippen LogP contribution in [0.1, 0.15) is 32.1 Å². The predicted molar refractivity (Wildman–Crippen MR) is 69.3 cm³/mol. The van der Waals surface area contributed by atoms with E-state index in [1.165, 1.54) is 25.7 Å². The zero-order valence-electron chi connectivity index (χ0n) is 11.4. The van der Waals surface area contributed by atoms with Gasteiger partial charge in [-0.3, -0.25) is 10.1 Å². The van der Waals surface area contributed by atoms with Crippen molar-refractivity contribution in [1.29, 1.82) is 0 Å². The van der Waals surface area contributed by atoms with Crippen molar-refractivity contribution < 1.29 is 13.6 Å². The molecule has 1 saturated carbocycles. The third-order valence-corrected chi connectivity index (χ3v) is 4.14. The molecule has 0 aromatic carbocycles. The average Bonchev–Trinajstić information content (AvgIpc) is 2.97. The van der Waals surface area contributed by atoms with Gasteiger partial charge in [0.15, 0.2) is 0 Å². The zero-order valence-corrected chi connectivity index (χ0v) is 11.4. The summed E-state index contributed by atoms with van der Waals surface area (Å²) in [5.74, 6) is -3.06. The molecule has 2 aliphatic rings. The zero-order chi connectivity index (χ0) is 13.9. The van der Waals surface area contributed by atoms with Crippen molar-refractivity contribution in [2.45, 2.75) is 50.1 Å². The average molecular weight is 275 g/mol. The highest BCUT2D eigenvalue weighted by molar-refractivity contribution is 5.82. The number of halogens is 2. The van der Waals surface area contributed by atoms with Crippen molar-refractivity contribution in [1.82, 2.24) is 15.5 Å². The van der Waals surface area contributed by atoms with Gasteiger partial charge in [-0.2, -0.15) is 0 Å². The molecule has 1 atom stereocenters. The molecule has 19 heavy (non-hydrogen) atoms. The number of amides is 1. The second-order valence-electron chi connectivity index (χ2n) is 5.70. The highest BCUT2D eigenvalue weighted by Crippen LogP contribution is 2.25. The number of nitrogens with zero attached hydrogens (tertiary/aromatic N) is 1. The van der Waals surface area contributed by atoms with E-state index in [1.807, 2.05) is 0 Å². The molecule has 1 unspecified atom stereocenters. The van der Waals surface area contributed by atoms with Gasteiger partial charge in [0.2, 0.25) is 5.91 Å². The van der Waals surface area contributed by atoms with Gasteiger partial charge in [0.05, 0.1) is 12.6 Å². The Morgan fingerprint density at radius 1 is 1.42 bits per heavy atom. The number of rotatable bonds is 5. The topological polar surface area (TPSA) is 44.4 Å². The quantitative estimate of drug-likeness (QED) is 0.786. The molecule has 2 N–H and O–H groups in total. The number of likely N-dealkylation sites (N-methyl/N-ethyl adjacent to an activating group) is 1. The van der Waals surface area contributed by atoms with E-state index in [9.17, 15) is 13.6 Å². The minimum Gasteiger partial charge on any atom is -0.353 e. The summed E-state index contributed by atoms with van der Waals surface area (Å²) in [4.78, 5) is 14.0. The van der Waals surface area contributed by atoms with Crippen LogP contribution in [0.4, 0.5) is 8.78 Å². The number of hydrogen-bond acceptors (Lipinski definition) is 3. The van der Waals surface area contributed by atoms with Gasteiger partial charge in [-0.15, -0.1) is 0 Å². The number of carbonyl (C=O) groups is 1. The van der Waals surface area contributed by atoms with Gasteiger partial charge in [0.1, 0.15) is 0 Å². The van der Waals surface area contributed by atoms with Gasteiger partial charge >= 0.3 is 0 Å². The van der Waals surface area contributed by atoms with Gasteiger partial charge < -0.3 is 10.2 Å². The van der Waals surface area contributed by atoms with Crippen LogP contribution in [0.2, 0.25) is 0 Å². The van der Waals surface area contributed by atoms with E-state index in [4.69, 9.17) is 0 Å². The van der Waals surface area contributed by atoms with Crippen LogP contribution in [0, 0.1) is 0 Å². The molecular formula is C13H23F2N3O. The summed E-state index contributed by atoms with van der Waals surface area (Å²) in [6.45, 7) is 0.905. The van der Waals surface area contributed by atoms with E-state index < -0.39 is 24.9 Å². The molecule has 1 saturated heterocycles. The second kappa shape index (κ2) is 6.13. The summed E-state index contributed by atoms with van der Waals surface area (Å²) >= 11 is 0. The molecule has 0 bridgehead atoms. The molecule has 4 nitrogen and oxygen atoms in total. The van der Waals surface area contributed by atoms with E-state index in [0.29, 0.717) is 12.6 Å². The molecule has 2 fully saturated rings. The van der Waals surface area contributed by atoms with Crippen molar-refractivity contribution in [3.8, 4) is 0 Å². The summed E-state index contributed by atoms with van der Waals surface area (Å²) in [5.41, 5.74) is 0. The highest BCUT2D eigenvalue weighted by Gasteiger charge is 2.42. The van der Waals surface area contributed by atoms with Crippen LogP contribution in [0.25, 0.3) is 0 Å². The molecule has 1 amide bonds. The van der Waals surface area contributed by atoms with Crippen LogP contribution in [-0.2, 0) is 4.79 Å². The first kappa shape index (κ1) is 14.7. The monoisotopic (exact) mass is 275 g/mol. The first-order valence-electron chi connectivity index (χ1n) is 7.07. The van der Waals surface area contributed by atoms with Crippen molar-refractivity contribution in [3.63, 3.8) is 0 Å². The first-order chi connectivity index (χ1) is 8.98. The van der Waals surface area contributed by atoms with Crippen LogP contribution >= 0.6 is 0 Å². The Morgan fingerprint density at radius 3 is 2.68 bits per heavy atom. The summed E-state index contributed by atoms with van der Waals surface area (Å²) < 4.78 is 25.9. The Hall–Kier alpha value is -0.750. The molecule has 0 aromatic heterocycles. The van der Waals surface area contributed by atoms with Crippen LogP contribution < -0.4 is 10.6 Å². The Morgan fingerprint density at radius 2 is 2.11 bits per heavy atom. The van der Waals surface area contributed by atoms with Crippen molar-refractivity contribution in [2.75, 3.05) is 26.7 Å². The fourth-order valence-corrected chi connectivity index (χ4v) is 2.91. The third kappa shape index (κ3) is 4.11. The molecule has 6 heteroatoms. The molecule has 110 valence electrons. The molecule has 2 rings (SSSR count). The lowest BCUT2D eigenvalue weighted by atomic mass is 10.2. The number of nitrogens with one attached hydrogen (secondary N) is 2. The molecule has 1 aliphatic carbocycles. The first-order valence-corrected chi connectivity index (χ1v) is 7.07. The summed E-state index contributed by atoms with van der Waals surface area (Å²) in [7, 11) is 2.06. The molecule has 0 aromatic rings.